The topological polar surface area (TPSA) is 51.1 Å². The zero-order valence-electron chi connectivity index (χ0n) is 15.2. The molecule has 1 saturated heterocycles. The van der Waals surface area contributed by atoms with E-state index in [0.29, 0.717) is 17.0 Å². The maximum Gasteiger partial charge on any atom is 0.163 e. The average Bonchev–Trinajstić information content (AvgIpc) is 2.74. The largest absolute Gasteiger partial charge is 0.381 e. The molecule has 3 heterocycles. The summed E-state index contributed by atoms with van der Waals surface area (Å²) in [6.07, 6.45) is 5.87. The number of benzene rings is 1. The highest BCUT2D eigenvalue weighted by Crippen LogP contribution is 2.28. The number of methoxy groups -OCH3 is 1. The highest BCUT2D eigenvalue weighted by atomic mass is 35.5. The number of ether oxygens (including phenoxy) is 1. The van der Waals surface area contributed by atoms with Gasteiger partial charge < -0.3 is 9.64 Å². The third-order valence-electron chi connectivity index (χ3n) is 4.87. The fourth-order valence-electron chi connectivity index (χ4n) is 3.31. The molecule has 1 fully saturated rings. The molecule has 1 aromatic carbocycles. The molecule has 0 aliphatic carbocycles. The summed E-state index contributed by atoms with van der Waals surface area (Å²) >= 11 is 6.05. The first kappa shape index (κ1) is 17.9. The van der Waals surface area contributed by atoms with Crippen LogP contribution in [0.3, 0.4) is 0 Å². The lowest BCUT2D eigenvalue weighted by molar-refractivity contribution is 0.0818. The number of rotatable bonds is 4. The Bertz CT molecular complexity index is 894. The van der Waals surface area contributed by atoms with Crippen LogP contribution >= 0.6 is 11.6 Å². The summed E-state index contributed by atoms with van der Waals surface area (Å²) < 4.78 is 5.49. The number of pyridine rings is 1. The highest BCUT2D eigenvalue weighted by Gasteiger charge is 2.21. The third-order valence-corrected chi connectivity index (χ3v) is 5.12. The second-order valence-electron chi connectivity index (χ2n) is 6.61. The van der Waals surface area contributed by atoms with Crippen molar-refractivity contribution in [1.29, 1.82) is 0 Å². The van der Waals surface area contributed by atoms with Gasteiger partial charge in [0.2, 0.25) is 0 Å². The number of anilines is 1. The number of aromatic nitrogens is 3. The molecule has 5 nitrogen and oxygen atoms in total. The van der Waals surface area contributed by atoms with Gasteiger partial charge in [-0.3, -0.25) is 4.98 Å². The lowest BCUT2D eigenvalue weighted by atomic mass is 10.1. The molecule has 6 heteroatoms. The third kappa shape index (κ3) is 4.10. The van der Waals surface area contributed by atoms with Gasteiger partial charge in [0.05, 0.1) is 11.8 Å². The summed E-state index contributed by atoms with van der Waals surface area (Å²) in [5, 5.41) is 0.710. The Kier molecular flexibility index (Phi) is 5.32. The van der Waals surface area contributed by atoms with E-state index in [1.807, 2.05) is 36.4 Å². The van der Waals surface area contributed by atoms with Crippen molar-refractivity contribution in [3.05, 3.63) is 59.9 Å². The summed E-state index contributed by atoms with van der Waals surface area (Å²) in [4.78, 5) is 16.1. The Balaban J connectivity index is 1.74. The Morgan fingerprint density at radius 1 is 1.04 bits per heavy atom. The van der Waals surface area contributed by atoms with E-state index in [0.717, 1.165) is 48.6 Å². The molecule has 27 heavy (non-hydrogen) atoms. The maximum absolute atomic E-state index is 6.05. The monoisotopic (exact) mass is 380 g/mol. The molecule has 0 bridgehead atoms. The van der Waals surface area contributed by atoms with Crippen molar-refractivity contribution in [3.63, 3.8) is 0 Å². The van der Waals surface area contributed by atoms with E-state index in [2.05, 4.69) is 16.0 Å². The first-order valence-corrected chi connectivity index (χ1v) is 9.44. The molecule has 0 spiro atoms. The van der Waals surface area contributed by atoms with Crippen molar-refractivity contribution in [3.8, 4) is 22.6 Å². The number of halogens is 1. The minimum absolute atomic E-state index is 0.330. The Morgan fingerprint density at radius 2 is 1.81 bits per heavy atom. The van der Waals surface area contributed by atoms with Gasteiger partial charge in [-0.05, 0) is 37.1 Å². The predicted molar refractivity (Wildman–Crippen MR) is 108 cm³/mol. The summed E-state index contributed by atoms with van der Waals surface area (Å²) in [7, 11) is 1.78. The van der Waals surface area contributed by atoms with Gasteiger partial charge in [0.15, 0.2) is 5.82 Å². The SMILES string of the molecule is COC1CCN(c2cc(-c3ccc(Cl)cc3)nc(-c3cccnc3)n2)CC1. The summed E-state index contributed by atoms with van der Waals surface area (Å²) in [5.41, 5.74) is 2.80. The lowest BCUT2D eigenvalue weighted by Gasteiger charge is -2.32. The lowest BCUT2D eigenvalue weighted by Crippen LogP contribution is -2.37. The minimum atomic E-state index is 0.330. The van der Waals surface area contributed by atoms with Gasteiger partial charge in [-0.15, -0.1) is 0 Å². The maximum atomic E-state index is 6.05. The van der Waals surface area contributed by atoms with E-state index in [9.17, 15) is 0 Å². The Morgan fingerprint density at radius 3 is 2.48 bits per heavy atom. The van der Waals surface area contributed by atoms with Gasteiger partial charge in [0.1, 0.15) is 5.82 Å². The Hall–Kier alpha value is -2.50. The van der Waals surface area contributed by atoms with Crippen LogP contribution in [-0.4, -0.2) is 41.3 Å². The zero-order chi connectivity index (χ0) is 18.6. The van der Waals surface area contributed by atoms with E-state index in [1.54, 1.807) is 19.5 Å². The van der Waals surface area contributed by atoms with E-state index in [4.69, 9.17) is 26.3 Å². The van der Waals surface area contributed by atoms with Crippen LogP contribution in [-0.2, 0) is 4.74 Å². The number of hydrogen-bond acceptors (Lipinski definition) is 5. The zero-order valence-corrected chi connectivity index (χ0v) is 15.9. The van der Waals surface area contributed by atoms with Crippen molar-refractivity contribution in [2.75, 3.05) is 25.1 Å². The number of nitrogens with zero attached hydrogens (tertiary/aromatic N) is 4. The van der Waals surface area contributed by atoms with E-state index >= 15 is 0 Å². The molecule has 0 saturated carbocycles. The van der Waals surface area contributed by atoms with Crippen LogP contribution in [0.5, 0.6) is 0 Å². The van der Waals surface area contributed by atoms with Gasteiger partial charge in [0, 0.05) is 54.8 Å². The molecule has 0 amide bonds. The summed E-state index contributed by atoms with van der Waals surface area (Å²) in [6.45, 7) is 1.84. The van der Waals surface area contributed by atoms with Crippen LogP contribution < -0.4 is 4.90 Å². The molecular formula is C21H21ClN4O. The minimum Gasteiger partial charge on any atom is -0.381 e. The first-order valence-electron chi connectivity index (χ1n) is 9.06. The van der Waals surface area contributed by atoms with Crippen LogP contribution in [0.4, 0.5) is 5.82 Å². The van der Waals surface area contributed by atoms with Gasteiger partial charge in [-0.2, -0.15) is 0 Å². The van der Waals surface area contributed by atoms with Crippen molar-refractivity contribution in [2.45, 2.75) is 18.9 Å². The molecule has 1 aliphatic rings. The average molecular weight is 381 g/mol. The second kappa shape index (κ2) is 8.03. The Labute approximate surface area is 164 Å². The number of hydrogen-bond donors (Lipinski definition) is 0. The summed E-state index contributed by atoms with van der Waals surface area (Å²) in [6, 6.07) is 13.7. The molecule has 0 atom stereocenters. The van der Waals surface area contributed by atoms with Gasteiger partial charge in [-0.1, -0.05) is 23.7 Å². The summed E-state index contributed by atoms with van der Waals surface area (Å²) in [5.74, 6) is 1.61. The quantitative estimate of drug-likeness (QED) is 0.668. The van der Waals surface area contributed by atoms with Crippen LogP contribution in [0.1, 0.15) is 12.8 Å². The molecule has 0 unspecified atom stereocenters. The smallest absolute Gasteiger partial charge is 0.163 e. The van der Waals surface area contributed by atoms with Crippen LogP contribution in [0.15, 0.2) is 54.9 Å². The van der Waals surface area contributed by atoms with E-state index < -0.39 is 0 Å². The van der Waals surface area contributed by atoms with Gasteiger partial charge >= 0.3 is 0 Å². The van der Waals surface area contributed by atoms with Crippen molar-refractivity contribution in [2.24, 2.45) is 0 Å². The normalized spacial score (nSPS) is 15.1. The van der Waals surface area contributed by atoms with Crippen LogP contribution in [0.25, 0.3) is 22.6 Å². The van der Waals surface area contributed by atoms with Gasteiger partial charge in [0.25, 0.3) is 0 Å². The molecule has 138 valence electrons. The molecule has 0 N–H and O–H groups in total. The molecule has 4 rings (SSSR count). The van der Waals surface area contributed by atoms with Crippen molar-refractivity contribution in [1.82, 2.24) is 15.0 Å². The fraction of sp³-hybridized carbons (Fsp3) is 0.286. The molecule has 0 radical (unpaired) electrons. The van der Waals surface area contributed by atoms with Crippen molar-refractivity contribution >= 4 is 17.4 Å². The van der Waals surface area contributed by atoms with Crippen molar-refractivity contribution < 1.29 is 4.74 Å². The highest BCUT2D eigenvalue weighted by molar-refractivity contribution is 6.30. The fourth-order valence-corrected chi connectivity index (χ4v) is 3.44. The standard InChI is InChI=1S/C21H21ClN4O/c1-27-18-8-11-26(12-9-18)20-13-19(15-4-6-17(22)7-5-15)24-21(25-20)16-3-2-10-23-14-16/h2-7,10,13-14,18H,8-9,11-12H2,1H3. The molecule has 1 aliphatic heterocycles. The van der Waals surface area contributed by atoms with E-state index in [-0.39, 0.29) is 0 Å². The van der Waals surface area contributed by atoms with Gasteiger partial charge in [-0.25, -0.2) is 9.97 Å². The van der Waals surface area contributed by atoms with Crippen LogP contribution in [0.2, 0.25) is 5.02 Å². The first-order chi connectivity index (χ1) is 13.2. The molecule has 3 aromatic rings. The van der Waals surface area contributed by atoms with E-state index in [1.165, 1.54) is 0 Å². The predicted octanol–water partition coefficient (Wildman–Crippen LogP) is 4.47. The number of piperidine rings is 1. The molecule has 2 aromatic heterocycles. The second-order valence-corrected chi connectivity index (χ2v) is 7.04. The van der Waals surface area contributed by atoms with Crippen LogP contribution in [0, 0.1) is 0 Å². The molecular weight excluding hydrogens is 360 g/mol.